The van der Waals surface area contributed by atoms with E-state index in [1.807, 2.05) is 19.0 Å². The molecule has 0 aliphatic carbocycles. The second-order valence-electron chi connectivity index (χ2n) is 6.52. The number of carbonyl (C=O) groups excluding carboxylic acids is 1. The molecule has 2 aliphatic heterocycles. The Morgan fingerprint density at radius 1 is 1.50 bits per heavy atom. The summed E-state index contributed by atoms with van der Waals surface area (Å²) in [6.45, 7) is 3.19. The highest BCUT2D eigenvalue weighted by molar-refractivity contribution is 5.93. The fourth-order valence-corrected chi connectivity index (χ4v) is 3.30. The minimum absolute atomic E-state index is 0.0155. The lowest BCUT2D eigenvalue weighted by molar-refractivity contribution is -0.0878. The fraction of sp³-hybridized carbons (Fsp3) is 0.688. The van der Waals surface area contributed by atoms with Gasteiger partial charge in [0.15, 0.2) is 0 Å². The molecule has 122 valence electrons. The number of amides is 1. The van der Waals surface area contributed by atoms with Crippen molar-refractivity contribution in [3.8, 4) is 0 Å². The van der Waals surface area contributed by atoms with Crippen LogP contribution in [0.25, 0.3) is 0 Å². The molecule has 1 amide bonds. The zero-order valence-corrected chi connectivity index (χ0v) is 13.3. The van der Waals surface area contributed by atoms with Gasteiger partial charge in [0.1, 0.15) is 11.9 Å². The van der Waals surface area contributed by atoms with Crippen LogP contribution in [0.1, 0.15) is 23.2 Å². The second-order valence-corrected chi connectivity index (χ2v) is 6.52. The molecule has 0 radical (unpaired) electrons. The Morgan fingerprint density at radius 3 is 3.09 bits per heavy atom. The third-order valence-corrected chi connectivity index (χ3v) is 4.31. The molecule has 2 saturated heterocycles. The normalized spacial score (nSPS) is 29.2. The lowest BCUT2D eigenvalue weighted by Gasteiger charge is -2.32. The largest absolute Gasteiger partial charge is 0.472 e. The molecule has 22 heavy (non-hydrogen) atoms. The maximum atomic E-state index is 12.6. The first kappa shape index (κ1) is 15.5. The molecular weight excluding hydrogens is 284 g/mol. The average Bonchev–Trinajstić information content (AvgIpc) is 3.07. The molecule has 0 aromatic carbocycles. The van der Waals surface area contributed by atoms with Crippen molar-refractivity contribution in [2.75, 3.05) is 46.9 Å². The van der Waals surface area contributed by atoms with Gasteiger partial charge in [-0.3, -0.25) is 4.79 Å². The van der Waals surface area contributed by atoms with Crippen LogP contribution >= 0.6 is 0 Å². The lowest BCUT2D eigenvalue weighted by atomic mass is 10.00. The van der Waals surface area contributed by atoms with E-state index >= 15 is 0 Å². The summed E-state index contributed by atoms with van der Waals surface area (Å²) < 4.78 is 17.0. The number of furan rings is 1. The summed E-state index contributed by atoms with van der Waals surface area (Å²) in [6, 6.07) is 1.70. The Hall–Kier alpha value is -1.37. The summed E-state index contributed by atoms with van der Waals surface area (Å²) in [6.07, 6.45) is 5.17. The number of hydrogen-bond donors (Lipinski definition) is 0. The van der Waals surface area contributed by atoms with Crippen molar-refractivity contribution < 1.29 is 18.7 Å². The van der Waals surface area contributed by atoms with Crippen LogP contribution in [0.3, 0.4) is 0 Å². The van der Waals surface area contributed by atoms with Crippen molar-refractivity contribution in [3.63, 3.8) is 0 Å². The van der Waals surface area contributed by atoms with Crippen molar-refractivity contribution in [2.45, 2.75) is 24.5 Å². The number of rotatable bonds is 3. The van der Waals surface area contributed by atoms with Crippen LogP contribution in [0.5, 0.6) is 0 Å². The summed E-state index contributed by atoms with van der Waals surface area (Å²) in [5, 5.41) is 0. The average molecular weight is 308 g/mol. The van der Waals surface area contributed by atoms with Gasteiger partial charge in [-0.2, -0.15) is 0 Å². The van der Waals surface area contributed by atoms with Crippen LogP contribution in [0, 0.1) is 0 Å². The molecule has 2 aliphatic rings. The van der Waals surface area contributed by atoms with Crippen molar-refractivity contribution in [1.82, 2.24) is 9.80 Å². The van der Waals surface area contributed by atoms with Crippen LogP contribution in [0.4, 0.5) is 0 Å². The molecule has 1 aromatic heterocycles. The Morgan fingerprint density at radius 2 is 2.36 bits per heavy atom. The molecule has 6 nitrogen and oxygen atoms in total. The highest BCUT2D eigenvalue weighted by Crippen LogP contribution is 2.33. The second kappa shape index (κ2) is 6.40. The first-order valence-electron chi connectivity index (χ1n) is 7.80. The standard InChI is InChI=1S/C16H24N2O4/c1-17(2)9-14-3-5-16(22-14)11-18(6-8-21-12-16)15(19)13-4-7-20-10-13/h4,7,10,14H,3,5-6,8-9,11-12H2,1-2H3. The summed E-state index contributed by atoms with van der Waals surface area (Å²) >= 11 is 0. The van der Waals surface area contributed by atoms with E-state index in [4.69, 9.17) is 13.9 Å². The highest BCUT2D eigenvalue weighted by atomic mass is 16.6. The SMILES string of the molecule is CN(C)CC1CCC2(COCCN(C(=O)c3ccoc3)C2)O1. The molecule has 0 bridgehead atoms. The van der Waals surface area contributed by atoms with E-state index in [1.54, 1.807) is 6.07 Å². The molecule has 1 aromatic rings. The maximum Gasteiger partial charge on any atom is 0.257 e. The predicted octanol–water partition coefficient (Wildman–Crippen LogP) is 1.23. The molecule has 0 N–H and O–H groups in total. The lowest BCUT2D eigenvalue weighted by Crippen LogP contribution is -2.47. The quantitative estimate of drug-likeness (QED) is 0.841. The number of hydrogen-bond acceptors (Lipinski definition) is 5. The van der Waals surface area contributed by atoms with E-state index in [2.05, 4.69) is 4.90 Å². The van der Waals surface area contributed by atoms with Crippen molar-refractivity contribution in [2.24, 2.45) is 0 Å². The topological polar surface area (TPSA) is 55.2 Å². The highest BCUT2D eigenvalue weighted by Gasteiger charge is 2.44. The number of carbonyl (C=O) groups is 1. The first-order valence-corrected chi connectivity index (χ1v) is 7.80. The molecular formula is C16H24N2O4. The molecule has 2 unspecified atom stereocenters. The van der Waals surface area contributed by atoms with Crippen LogP contribution in [-0.2, 0) is 9.47 Å². The monoisotopic (exact) mass is 308 g/mol. The summed E-state index contributed by atoms with van der Waals surface area (Å²) in [5.41, 5.74) is 0.219. The van der Waals surface area contributed by atoms with Gasteiger partial charge in [0, 0.05) is 13.1 Å². The molecule has 1 spiro atoms. The van der Waals surface area contributed by atoms with Crippen LogP contribution in [0.2, 0.25) is 0 Å². The van der Waals surface area contributed by atoms with Gasteiger partial charge in [-0.15, -0.1) is 0 Å². The van der Waals surface area contributed by atoms with Gasteiger partial charge < -0.3 is 23.7 Å². The predicted molar refractivity (Wildman–Crippen MR) is 80.8 cm³/mol. The van der Waals surface area contributed by atoms with Crippen molar-refractivity contribution >= 4 is 5.91 Å². The number of ether oxygens (including phenoxy) is 2. The van der Waals surface area contributed by atoms with Gasteiger partial charge in [0.05, 0.1) is 37.7 Å². The van der Waals surface area contributed by atoms with Gasteiger partial charge in [0.2, 0.25) is 0 Å². The third kappa shape index (κ3) is 3.34. The zero-order chi connectivity index (χ0) is 15.6. The molecule has 2 fully saturated rings. The fourth-order valence-electron chi connectivity index (χ4n) is 3.30. The Kier molecular flexibility index (Phi) is 4.52. The third-order valence-electron chi connectivity index (χ3n) is 4.31. The summed E-state index contributed by atoms with van der Waals surface area (Å²) in [4.78, 5) is 16.5. The molecule has 2 atom stereocenters. The Bertz CT molecular complexity index is 502. The number of likely N-dealkylation sites (N-methyl/N-ethyl adjacent to an activating group) is 1. The minimum Gasteiger partial charge on any atom is -0.472 e. The molecule has 6 heteroatoms. The van der Waals surface area contributed by atoms with Gasteiger partial charge in [-0.25, -0.2) is 0 Å². The smallest absolute Gasteiger partial charge is 0.257 e. The molecule has 3 rings (SSSR count). The van der Waals surface area contributed by atoms with E-state index < -0.39 is 0 Å². The van der Waals surface area contributed by atoms with E-state index in [9.17, 15) is 4.79 Å². The summed E-state index contributed by atoms with van der Waals surface area (Å²) in [5.74, 6) is -0.0155. The van der Waals surface area contributed by atoms with Crippen LogP contribution in [0.15, 0.2) is 23.0 Å². The molecule has 0 saturated carbocycles. The van der Waals surface area contributed by atoms with Crippen molar-refractivity contribution in [1.29, 1.82) is 0 Å². The summed E-state index contributed by atoms with van der Waals surface area (Å²) in [7, 11) is 4.10. The molecule has 3 heterocycles. The van der Waals surface area contributed by atoms with E-state index in [-0.39, 0.29) is 17.6 Å². The van der Waals surface area contributed by atoms with E-state index in [1.165, 1.54) is 12.5 Å². The Labute approximate surface area is 131 Å². The number of nitrogens with zero attached hydrogens (tertiary/aromatic N) is 2. The van der Waals surface area contributed by atoms with Crippen molar-refractivity contribution in [3.05, 3.63) is 24.2 Å². The van der Waals surface area contributed by atoms with E-state index in [0.29, 0.717) is 31.9 Å². The maximum absolute atomic E-state index is 12.6. The van der Waals surface area contributed by atoms with Gasteiger partial charge >= 0.3 is 0 Å². The first-order chi connectivity index (χ1) is 10.6. The van der Waals surface area contributed by atoms with Gasteiger partial charge in [-0.05, 0) is 33.0 Å². The van der Waals surface area contributed by atoms with Gasteiger partial charge in [0.25, 0.3) is 5.91 Å². The van der Waals surface area contributed by atoms with Gasteiger partial charge in [-0.1, -0.05) is 0 Å². The van der Waals surface area contributed by atoms with Crippen LogP contribution in [-0.4, -0.2) is 74.4 Å². The minimum atomic E-state index is -0.365. The van der Waals surface area contributed by atoms with E-state index in [0.717, 1.165) is 19.4 Å². The van der Waals surface area contributed by atoms with Crippen LogP contribution < -0.4 is 0 Å². The Balaban J connectivity index is 1.69. The zero-order valence-electron chi connectivity index (χ0n) is 13.3.